The van der Waals surface area contributed by atoms with Crippen LogP contribution in [0.2, 0.25) is 0 Å². The molecule has 1 aliphatic rings. The summed E-state index contributed by atoms with van der Waals surface area (Å²) in [4.78, 5) is 25.1. The van der Waals surface area contributed by atoms with Gasteiger partial charge in [-0.15, -0.1) is 11.3 Å². The molecule has 0 atom stereocenters. The fourth-order valence-corrected chi connectivity index (χ4v) is 4.76. The number of ether oxygens (including phenoxy) is 2. The molecule has 0 radical (unpaired) electrons. The summed E-state index contributed by atoms with van der Waals surface area (Å²) in [5.74, 6) is 1.77. The van der Waals surface area contributed by atoms with Crippen molar-refractivity contribution < 1.29 is 19.1 Å². The van der Waals surface area contributed by atoms with E-state index in [1.165, 1.54) is 10.5 Å². The van der Waals surface area contributed by atoms with Crippen molar-refractivity contribution in [2.24, 2.45) is 0 Å². The summed E-state index contributed by atoms with van der Waals surface area (Å²) in [7, 11) is 1.66. The summed E-state index contributed by atoms with van der Waals surface area (Å²) in [6.07, 6.45) is 0.797. The van der Waals surface area contributed by atoms with Crippen LogP contribution in [0, 0.1) is 0 Å². The van der Waals surface area contributed by atoms with Gasteiger partial charge in [0.15, 0.2) is 0 Å². The van der Waals surface area contributed by atoms with Crippen LogP contribution in [0.25, 0.3) is 10.1 Å². The van der Waals surface area contributed by atoms with E-state index >= 15 is 0 Å². The Morgan fingerprint density at radius 2 is 1.89 bits per heavy atom. The minimum atomic E-state index is -0.172. The molecule has 1 fully saturated rings. The first kappa shape index (κ1) is 18.8. The predicted octanol–water partition coefficient (Wildman–Crippen LogP) is 4.73. The summed E-state index contributed by atoms with van der Waals surface area (Å²) in [6, 6.07) is 13.9. The lowest BCUT2D eigenvalue weighted by Gasteiger charge is -2.15. The average molecular weight is 414 g/mol. The van der Waals surface area contributed by atoms with Crippen molar-refractivity contribution in [3.63, 3.8) is 0 Å². The second-order valence-electron chi connectivity index (χ2n) is 6.37. The maximum atomic E-state index is 11.9. The number of thiophene rings is 1. The maximum Gasteiger partial charge on any atom is 0.289 e. The molecule has 1 aliphatic heterocycles. The number of hydrogen-bond donors (Lipinski definition) is 0. The zero-order chi connectivity index (χ0) is 19.5. The molecule has 5 nitrogen and oxygen atoms in total. The monoisotopic (exact) mass is 413 g/mol. The predicted molar refractivity (Wildman–Crippen MR) is 112 cm³/mol. The third kappa shape index (κ3) is 3.86. The number of carbonyl (C=O) groups excluding carboxylic acids is 2. The first-order valence-electron chi connectivity index (χ1n) is 8.87. The van der Waals surface area contributed by atoms with Gasteiger partial charge in [0.1, 0.15) is 11.5 Å². The molecule has 4 rings (SSSR count). The molecular weight excluding hydrogens is 394 g/mol. The van der Waals surface area contributed by atoms with Crippen LogP contribution < -0.4 is 9.47 Å². The second kappa shape index (κ2) is 8.24. The lowest BCUT2D eigenvalue weighted by Crippen LogP contribution is -2.27. The molecular formula is C21H19NO4S2. The van der Waals surface area contributed by atoms with E-state index in [1.54, 1.807) is 18.4 Å². The molecule has 0 bridgehead atoms. The number of nitrogens with zero attached hydrogens (tertiary/aromatic N) is 1. The fourth-order valence-electron chi connectivity index (χ4n) is 3.12. The summed E-state index contributed by atoms with van der Waals surface area (Å²) in [5.41, 5.74) is 2.15. The van der Waals surface area contributed by atoms with Crippen LogP contribution >= 0.6 is 23.1 Å². The first-order chi connectivity index (χ1) is 13.7. The van der Waals surface area contributed by atoms with Gasteiger partial charge in [0.2, 0.25) is 5.91 Å². The highest BCUT2D eigenvalue weighted by Crippen LogP contribution is 2.34. The molecule has 2 aromatic carbocycles. The lowest BCUT2D eigenvalue weighted by atomic mass is 10.1. The Hall–Kier alpha value is -2.51. The Bertz CT molecular complexity index is 997. The zero-order valence-corrected chi connectivity index (χ0v) is 17.0. The molecule has 0 N–H and O–H groups in total. The van der Waals surface area contributed by atoms with Gasteiger partial charge >= 0.3 is 0 Å². The highest BCUT2D eigenvalue weighted by Gasteiger charge is 2.30. The van der Waals surface area contributed by atoms with Gasteiger partial charge in [-0.1, -0.05) is 30.0 Å². The van der Waals surface area contributed by atoms with Gasteiger partial charge in [-0.25, -0.2) is 0 Å². The van der Waals surface area contributed by atoms with E-state index in [-0.39, 0.29) is 16.9 Å². The minimum Gasteiger partial charge on any atom is -0.497 e. The van der Waals surface area contributed by atoms with Crippen LogP contribution in [0.15, 0.2) is 47.8 Å². The summed E-state index contributed by atoms with van der Waals surface area (Å²) < 4.78 is 12.3. The van der Waals surface area contributed by atoms with E-state index in [9.17, 15) is 9.59 Å². The van der Waals surface area contributed by atoms with E-state index in [0.29, 0.717) is 13.2 Å². The van der Waals surface area contributed by atoms with E-state index in [0.717, 1.165) is 45.3 Å². The molecule has 0 aliphatic carbocycles. The van der Waals surface area contributed by atoms with Gasteiger partial charge in [-0.2, -0.15) is 0 Å². The van der Waals surface area contributed by atoms with E-state index in [2.05, 4.69) is 0 Å². The Labute approximate surface area is 171 Å². The third-order valence-corrected chi connectivity index (χ3v) is 6.48. The number of fused-ring (bicyclic) bond motifs is 1. The van der Waals surface area contributed by atoms with E-state index in [4.69, 9.17) is 9.47 Å². The van der Waals surface area contributed by atoms with Gasteiger partial charge in [-0.3, -0.25) is 14.5 Å². The Balaban J connectivity index is 1.46. The van der Waals surface area contributed by atoms with Gasteiger partial charge in [0.25, 0.3) is 5.24 Å². The normalized spacial score (nSPS) is 14.1. The van der Waals surface area contributed by atoms with Gasteiger partial charge in [-0.05, 0) is 40.8 Å². The van der Waals surface area contributed by atoms with Gasteiger partial charge in [0, 0.05) is 16.5 Å². The zero-order valence-electron chi connectivity index (χ0n) is 15.3. The smallest absolute Gasteiger partial charge is 0.289 e. The van der Waals surface area contributed by atoms with Gasteiger partial charge < -0.3 is 9.47 Å². The number of benzene rings is 2. The minimum absolute atomic E-state index is 0.125. The summed E-state index contributed by atoms with van der Waals surface area (Å²) >= 11 is 2.66. The summed E-state index contributed by atoms with van der Waals surface area (Å²) in [6.45, 7) is 0.879. The lowest BCUT2D eigenvalue weighted by molar-refractivity contribution is -0.124. The Morgan fingerprint density at radius 1 is 1.07 bits per heavy atom. The van der Waals surface area contributed by atoms with Crippen molar-refractivity contribution in [3.8, 4) is 11.5 Å². The summed E-state index contributed by atoms with van der Waals surface area (Å²) in [5, 5.41) is 2.85. The molecule has 0 unspecified atom stereocenters. The van der Waals surface area contributed by atoms with E-state index in [1.807, 2.05) is 47.8 Å². The number of imide groups is 1. The Kier molecular flexibility index (Phi) is 5.54. The molecule has 1 aromatic heterocycles. The SMILES string of the molecule is COc1ccc(CCOc2ccc(CN3C(=O)CSC3=O)c3sccc23)cc1. The van der Waals surface area contributed by atoms with Crippen molar-refractivity contribution >= 4 is 44.3 Å². The number of rotatable bonds is 7. The third-order valence-electron chi connectivity index (χ3n) is 4.63. The Morgan fingerprint density at radius 3 is 2.61 bits per heavy atom. The number of methoxy groups -OCH3 is 1. The van der Waals surface area contributed by atoms with Crippen LogP contribution in [-0.4, -0.2) is 35.5 Å². The van der Waals surface area contributed by atoms with Crippen LogP contribution in [0.1, 0.15) is 11.1 Å². The fraction of sp³-hybridized carbons (Fsp3) is 0.238. The number of hydrogen-bond acceptors (Lipinski definition) is 6. The van der Waals surface area contributed by atoms with Crippen molar-refractivity contribution in [1.29, 1.82) is 0 Å². The van der Waals surface area contributed by atoms with E-state index < -0.39 is 0 Å². The highest BCUT2D eigenvalue weighted by atomic mass is 32.2. The van der Waals surface area contributed by atoms with Crippen LogP contribution in [0.5, 0.6) is 11.5 Å². The number of thioether (sulfide) groups is 1. The molecule has 2 amide bonds. The molecule has 3 aromatic rings. The first-order valence-corrected chi connectivity index (χ1v) is 10.7. The molecule has 2 heterocycles. The topological polar surface area (TPSA) is 55.8 Å². The van der Waals surface area contributed by atoms with Crippen LogP contribution in [-0.2, 0) is 17.8 Å². The molecule has 0 saturated carbocycles. The van der Waals surface area contributed by atoms with Crippen molar-refractivity contribution in [3.05, 3.63) is 59.0 Å². The number of carbonyl (C=O) groups is 2. The molecule has 7 heteroatoms. The van der Waals surface area contributed by atoms with Crippen molar-refractivity contribution in [2.45, 2.75) is 13.0 Å². The van der Waals surface area contributed by atoms with Gasteiger partial charge in [0.05, 0.1) is 26.0 Å². The molecule has 28 heavy (non-hydrogen) atoms. The number of amides is 2. The van der Waals surface area contributed by atoms with Crippen LogP contribution in [0.3, 0.4) is 0 Å². The largest absolute Gasteiger partial charge is 0.497 e. The highest BCUT2D eigenvalue weighted by molar-refractivity contribution is 8.14. The maximum absolute atomic E-state index is 11.9. The quantitative estimate of drug-likeness (QED) is 0.561. The standard InChI is InChI=1S/C21H19NO4S2/c1-25-16-5-2-14(3-6-16)8-10-26-18-7-4-15(20-17(18)9-11-27-20)12-22-19(23)13-28-21(22)24/h2-7,9,11H,8,10,12-13H2,1H3. The van der Waals surface area contributed by atoms with Crippen LogP contribution in [0.4, 0.5) is 4.79 Å². The molecule has 1 saturated heterocycles. The molecule has 0 spiro atoms. The average Bonchev–Trinajstić information content (AvgIpc) is 3.32. The van der Waals surface area contributed by atoms with Crippen molar-refractivity contribution in [1.82, 2.24) is 4.90 Å². The molecule has 144 valence electrons. The van der Waals surface area contributed by atoms with Crippen molar-refractivity contribution in [2.75, 3.05) is 19.5 Å². The second-order valence-corrected chi connectivity index (χ2v) is 8.21.